The van der Waals surface area contributed by atoms with Crippen molar-refractivity contribution in [2.24, 2.45) is 0 Å². The Labute approximate surface area is 146 Å². The number of amides is 1. The minimum atomic E-state index is -1.59. The highest BCUT2D eigenvalue weighted by Gasteiger charge is 2.37. The summed E-state index contributed by atoms with van der Waals surface area (Å²) in [6.07, 6.45) is 1.52. The first kappa shape index (κ1) is 18.1. The lowest BCUT2D eigenvalue weighted by molar-refractivity contribution is -0.311. The van der Waals surface area contributed by atoms with Crippen molar-refractivity contribution in [3.05, 3.63) is 40.3 Å². The van der Waals surface area contributed by atoms with Gasteiger partial charge < -0.3 is 19.7 Å². The third-order valence-corrected chi connectivity index (χ3v) is 4.54. The first-order valence-electron chi connectivity index (χ1n) is 6.66. The molecule has 1 aliphatic rings. The van der Waals surface area contributed by atoms with Gasteiger partial charge in [0.25, 0.3) is 5.91 Å². The normalized spacial score (nSPS) is 17.2. The predicted octanol–water partition coefficient (Wildman–Crippen LogP) is -0.215. The first-order valence-corrected chi connectivity index (χ1v) is 7.88. The highest BCUT2D eigenvalue weighted by Crippen LogP contribution is 2.33. The van der Waals surface area contributed by atoms with Crippen molar-refractivity contribution in [2.45, 2.75) is 6.04 Å². The van der Waals surface area contributed by atoms with Crippen molar-refractivity contribution in [3.8, 4) is 0 Å². The number of thiocarbonyl (C=S) groups is 1. The number of benzene rings is 1. The third kappa shape index (κ3) is 3.64. The number of nitrogens with zero attached hydrogens (tertiary/aromatic N) is 1. The van der Waals surface area contributed by atoms with Crippen LogP contribution in [0.4, 0.5) is 0 Å². The van der Waals surface area contributed by atoms with Crippen LogP contribution in [0.1, 0.15) is 15.9 Å². The maximum absolute atomic E-state index is 12.3. The molecule has 1 aliphatic heterocycles. The number of aliphatic hydroxyl groups is 1. The van der Waals surface area contributed by atoms with Crippen molar-refractivity contribution in [1.29, 1.82) is 0 Å². The topological polar surface area (TPSA) is 107 Å². The Morgan fingerprint density at radius 1 is 1.42 bits per heavy atom. The summed E-state index contributed by atoms with van der Waals surface area (Å²) in [4.78, 5) is 35.7. The summed E-state index contributed by atoms with van der Waals surface area (Å²) in [6, 6.07) is 4.78. The molecule has 1 atom stereocenters. The van der Waals surface area contributed by atoms with E-state index in [0.717, 1.165) is 16.7 Å². The number of rotatable bonds is 5. The van der Waals surface area contributed by atoms with Crippen LogP contribution in [0.2, 0.25) is 0 Å². The van der Waals surface area contributed by atoms with Crippen molar-refractivity contribution < 1.29 is 29.3 Å². The van der Waals surface area contributed by atoms with Crippen LogP contribution in [0.25, 0.3) is 6.08 Å². The monoisotopic (exact) mass is 366 g/mol. The molecule has 1 fully saturated rings. The molecule has 0 aromatic heterocycles. The second-order valence-corrected chi connectivity index (χ2v) is 6.36. The number of thioether (sulfide) groups is 1. The maximum Gasteiger partial charge on any atom is 0.337 e. The number of carbonyl (C=O) groups excluding carboxylic acids is 3. The van der Waals surface area contributed by atoms with E-state index in [1.54, 1.807) is 12.1 Å². The second kappa shape index (κ2) is 7.56. The molecule has 1 saturated heterocycles. The lowest BCUT2D eigenvalue weighted by atomic mass is 10.1. The van der Waals surface area contributed by atoms with Gasteiger partial charge in [0.1, 0.15) is 10.4 Å². The number of ether oxygens (including phenoxy) is 1. The fourth-order valence-electron chi connectivity index (χ4n) is 1.99. The molecule has 1 aromatic carbocycles. The Balaban J connectivity index is 2.25. The standard InChI is InChI=1S/C15H13NO6S2/c1-22-14(21)9-4-2-8(3-5-9)6-11-12(18)16(15(23)24-11)10(7-17)13(19)20/h2-6,10,17H,7H2,1H3,(H,19,20)/p-1/b11-6-/t10-/m1/s1. The summed E-state index contributed by atoms with van der Waals surface area (Å²) < 4.78 is 4.62. The molecule has 24 heavy (non-hydrogen) atoms. The van der Waals surface area contributed by atoms with E-state index < -0.39 is 30.5 Å². The second-order valence-electron chi connectivity index (χ2n) is 4.68. The van der Waals surface area contributed by atoms with Crippen LogP contribution in [-0.2, 0) is 14.3 Å². The smallest absolute Gasteiger partial charge is 0.337 e. The summed E-state index contributed by atoms with van der Waals surface area (Å²) in [5.41, 5.74) is 0.983. The van der Waals surface area contributed by atoms with E-state index in [-0.39, 0.29) is 9.23 Å². The number of aliphatic hydroxyl groups excluding tert-OH is 1. The zero-order chi connectivity index (χ0) is 17.9. The zero-order valence-electron chi connectivity index (χ0n) is 12.4. The van der Waals surface area contributed by atoms with Crippen LogP contribution >= 0.6 is 24.0 Å². The fraction of sp³-hybridized carbons (Fsp3) is 0.200. The molecule has 0 spiro atoms. The van der Waals surface area contributed by atoms with Gasteiger partial charge in [0.05, 0.1) is 30.2 Å². The van der Waals surface area contributed by atoms with Gasteiger partial charge in [-0.15, -0.1) is 0 Å². The molecule has 0 saturated carbocycles. The summed E-state index contributed by atoms with van der Waals surface area (Å²) >= 11 is 5.93. The number of aliphatic carboxylic acids is 1. The van der Waals surface area contributed by atoms with Crippen LogP contribution in [0, 0.1) is 0 Å². The summed E-state index contributed by atoms with van der Waals surface area (Å²) in [5.74, 6) is -2.68. The van der Waals surface area contributed by atoms with Gasteiger partial charge in [0.2, 0.25) is 0 Å². The van der Waals surface area contributed by atoms with E-state index in [0.29, 0.717) is 11.1 Å². The van der Waals surface area contributed by atoms with Gasteiger partial charge >= 0.3 is 5.97 Å². The Hall–Kier alpha value is -2.23. The average molecular weight is 366 g/mol. The van der Waals surface area contributed by atoms with E-state index in [4.69, 9.17) is 17.3 Å². The largest absolute Gasteiger partial charge is 0.548 e. The van der Waals surface area contributed by atoms with E-state index >= 15 is 0 Å². The highest BCUT2D eigenvalue weighted by molar-refractivity contribution is 8.26. The minimum Gasteiger partial charge on any atom is -0.548 e. The average Bonchev–Trinajstić information content (AvgIpc) is 2.83. The molecule has 9 heteroatoms. The quantitative estimate of drug-likeness (QED) is 0.433. The first-order chi connectivity index (χ1) is 11.4. The lowest BCUT2D eigenvalue weighted by Crippen LogP contribution is -2.51. The molecule has 0 aliphatic carbocycles. The van der Waals surface area contributed by atoms with E-state index in [1.165, 1.54) is 25.3 Å². The number of methoxy groups -OCH3 is 1. The number of carboxylic acids is 1. The number of esters is 1. The predicted molar refractivity (Wildman–Crippen MR) is 88.7 cm³/mol. The zero-order valence-corrected chi connectivity index (χ0v) is 14.1. The molecule has 7 nitrogen and oxygen atoms in total. The fourth-order valence-corrected chi connectivity index (χ4v) is 3.35. The van der Waals surface area contributed by atoms with Crippen LogP contribution in [0.15, 0.2) is 29.2 Å². The van der Waals surface area contributed by atoms with Crippen LogP contribution in [-0.4, -0.2) is 51.9 Å². The molecular formula is C15H12NO6S2-. The van der Waals surface area contributed by atoms with Gasteiger partial charge in [-0.3, -0.25) is 9.69 Å². The summed E-state index contributed by atoms with van der Waals surface area (Å²) in [5, 5.41) is 20.1. The molecule has 0 bridgehead atoms. The van der Waals surface area contributed by atoms with Crippen LogP contribution < -0.4 is 5.11 Å². The minimum absolute atomic E-state index is 0.0284. The Morgan fingerprint density at radius 3 is 2.54 bits per heavy atom. The van der Waals surface area contributed by atoms with Crippen LogP contribution in [0.5, 0.6) is 0 Å². The van der Waals surface area contributed by atoms with Crippen LogP contribution in [0.3, 0.4) is 0 Å². The van der Waals surface area contributed by atoms with Gasteiger partial charge in [-0.25, -0.2) is 4.79 Å². The molecule has 1 aromatic rings. The van der Waals surface area contributed by atoms with E-state index in [9.17, 15) is 19.5 Å². The van der Waals surface area contributed by atoms with Crippen molar-refractivity contribution >= 4 is 52.2 Å². The number of carbonyl (C=O) groups is 3. The summed E-state index contributed by atoms with van der Waals surface area (Å²) in [7, 11) is 1.27. The lowest BCUT2D eigenvalue weighted by Gasteiger charge is -2.25. The number of hydrogen-bond donors (Lipinski definition) is 1. The highest BCUT2D eigenvalue weighted by atomic mass is 32.2. The van der Waals surface area contributed by atoms with Gasteiger partial charge in [0.15, 0.2) is 0 Å². The molecule has 1 heterocycles. The van der Waals surface area contributed by atoms with Gasteiger partial charge in [0, 0.05) is 0 Å². The van der Waals surface area contributed by atoms with Gasteiger partial charge in [-0.1, -0.05) is 36.1 Å². The van der Waals surface area contributed by atoms with Gasteiger partial charge in [-0.05, 0) is 23.8 Å². The molecule has 2 rings (SSSR count). The van der Waals surface area contributed by atoms with Crippen molar-refractivity contribution in [2.75, 3.05) is 13.7 Å². The number of carboxylic acid groups (broad SMARTS) is 1. The van der Waals surface area contributed by atoms with Crippen molar-refractivity contribution in [1.82, 2.24) is 4.90 Å². The Morgan fingerprint density at radius 2 is 2.04 bits per heavy atom. The van der Waals surface area contributed by atoms with Crippen molar-refractivity contribution in [3.63, 3.8) is 0 Å². The maximum atomic E-state index is 12.3. The molecular weight excluding hydrogens is 354 g/mol. The third-order valence-electron chi connectivity index (χ3n) is 3.21. The number of hydrogen-bond acceptors (Lipinski definition) is 8. The SMILES string of the molecule is COC(=O)c1ccc(/C=C2\SC(=S)N([C@H](CO)C(=O)[O-])C2=O)cc1. The molecule has 0 radical (unpaired) electrons. The Bertz CT molecular complexity index is 728. The molecule has 0 unspecified atom stereocenters. The van der Waals surface area contributed by atoms with Gasteiger partial charge in [-0.2, -0.15) is 0 Å². The Kier molecular flexibility index (Phi) is 5.71. The molecule has 1 amide bonds. The summed E-state index contributed by atoms with van der Waals surface area (Å²) in [6.45, 7) is -0.796. The molecule has 126 valence electrons. The molecule has 1 N–H and O–H groups in total. The van der Waals surface area contributed by atoms with E-state index in [2.05, 4.69) is 4.74 Å². The van der Waals surface area contributed by atoms with E-state index in [1.807, 2.05) is 0 Å².